The molecule has 0 amide bonds. The summed E-state index contributed by atoms with van der Waals surface area (Å²) in [5, 5.41) is 3.84. The van der Waals surface area contributed by atoms with Crippen molar-refractivity contribution in [3.8, 4) is 0 Å². The summed E-state index contributed by atoms with van der Waals surface area (Å²) in [4.78, 5) is 6.43. The third kappa shape index (κ3) is 4.87. The van der Waals surface area contributed by atoms with Gasteiger partial charge >= 0.3 is 6.18 Å². The molecular formula is C12H10BrClF3NO. The molecule has 0 aliphatic rings. The van der Waals surface area contributed by atoms with Crippen LogP contribution in [0.2, 0.25) is 5.02 Å². The fourth-order valence-electron chi connectivity index (χ4n) is 1.33. The number of oxime groups is 1. The number of hydrogen-bond donors (Lipinski definition) is 0. The molecule has 2 nitrogen and oxygen atoms in total. The molecule has 0 N–H and O–H groups in total. The molecule has 1 aromatic rings. The van der Waals surface area contributed by atoms with E-state index in [1.165, 1.54) is 19.1 Å². The maximum Gasteiger partial charge on any atom is 0.417 e. The topological polar surface area (TPSA) is 21.6 Å². The molecule has 0 aliphatic carbocycles. The van der Waals surface area contributed by atoms with Crippen LogP contribution in [0, 0.1) is 0 Å². The van der Waals surface area contributed by atoms with Crippen LogP contribution in [0.25, 0.3) is 0 Å². The summed E-state index contributed by atoms with van der Waals surface area (Å²) in [6.07, 6.45) is -2.86. The van der Waals surface area contributed by atoms with E-state index in [2.05, 4.69) is 21.1 Å². The van der Waals surface area contributed by atoms with E-state index in [1.807, 2.05) is 0 Å². The normalized spacial score (nSPS) is 13.1. The maximum atomic E-state index is 12.8. The number of nitrogens with zero attached hydrogens (tertiary/aromatic N) is 1. The highest BCUT2D eigenvalue weighted by Gasteiger charge is 2.34. The minimum Gasteiger partial charge on any atom is -0.391 e. The van der Waals surface area contributed by atoms with Crippen LogP contribution in [0.1, 0.15) is 18.1 Å². The molecule has 0 aromatic heterocycles. The van der Waals surface area contributed by atoms with Gasteiger partial charge in [0.25, 0.3) is 0 Å². The molecule has 19 heavy (non-hydrogen) atoms. The fourth-order valence-corrected chi connectivity index (χ4v) is 1.65. The second-order valence-electron chi connectivity index (χ2n) is 3.52. The standard InChI is InChI=1S/C12H10BrClF3NO/c1-8(18-19-6-2-5-13)10-7-9(14)3-4-11(10)12(15,16)17/h2-5,7H,6H2,1H3. The summed E-state index contributed by atoms with van der Waals surface area (Å²) >= 11 is 8.75. The highest BCUT2D eigenvalue weighted by molar-refractivity contribution is 9.11. The van der Waals surface area contributed by atoms with Gasteiger partial charge in [-0.05, 0) is 36.2 Å². The number of rotatable bonds is 4. The van der Waals surface area contributed by atoms with Gasteiger partial charge in [-0.3, -0.25) is 0 Å². The molecule has 0 atom stereocenters. The zero-order valence-corrected chi connectivity index (χ0v) is 12.2. The lowest BCUT2D eigenvalue weighted by Crippen LogP contribution is -2.12. The first kappa shape index (κ1) is 16.0. The van der Waals surface area contributed by atoms with Gasteiger partial charge in [-0.1, -0.05) is 32.7 Å². The van der Waals surface area contributed by atoms with Crippen LogP contribution in [-0.2, 0) is 11.0 Å². The number of hydrogen-bond acceptors (Lipinski definition) is 2. The van der Waals surface area contributed by atoms with Crippen LogP contribution in [0.3, 0.4) is 0 Å². The third-order valence-corrected chi connectivity index (χ3v) is 2.75. The van der Waals surface area contributed by atoms with Crippen molar-refractivity contribution in [3.63, 3.8) is 0 Å². The number of benzene rings is 1. The molecule has 0 bridgehead atoms. The monoisotopic (exact) mass is 355 g/mol. The summed E-state index contributed by atoms with van der Waals surface area (Å²) in [5.74, 6) is 0. The van der Waals surface area contributed by atoms with Crippen LogP contribution in [-0.4, -0.2) is 12.3 Å². The summed E-state index contributed by atoms with van der Waals surface area (Å²) in [7, 11) is 0. The largest absolute Gasteiger partial charge is 0.417 e. The molecule has 7 heteroatoms. The first-order chi connectivity index (χ1) is 8.86. The molecule has 0 unspecified atom stereocenters. The van der Waals surface area contributed by atoms with Gasteiger partial charge in [0.15, 0.2) is 0 Å². The van der Waals surface area contributed by atoms with Gasteiger partial charge in [-0.2, -0.15) is 13.2 Å². The molecule has 0 radical (unpaired) electrons. The van der Waals surface area contributed by atoms with Gasteiger partial charge in [0, 0.05) is 10.6 Å². The summed E-state index contributed by atoms with van der Waals surface area (Å²) in [6, 6.07) is 3.33. The van der Waals surface area contributed by atoms with E-state index in [0.717, 1.165) is 6.07 Å². The zero-order chi connectivity index (χ0) is 14.5. The third-order valence-electron chi connectivity index (χ3n) is 2.14. The molecule has 0 fully saturated rings. The van der Waals surface area contributed by atoms with Gasteiger partial charge in [-0.25, -0.2) is 0 Å². The smallest absolute Gasteiger partial charge is 0.391 e. The van der Waals surface area contributed by atoms with E-state index >= 15 is 0 Å². The average Bonchev–Trinajstić information content (AvgIpc) is 2.32. The Bertz CT molecular complexity index is 500. The Hall–Kier alpha value is -1.01. The number of alkyl halides is 3. The van der Waals surface area contributed by atoms with Crippen molar-refractivity contribution in [2.45, 2.75) is 13.1 Å². The van der Waals surface area contributed by atoms with Crippen molar-refractivity contribution in [2.24, 2.45) is 5.16 Å². The average molecular weight is 357 g/mol. The first-order valence-electron chi connectivity index (χ1n) is 5.15. The first-order valence-corrected chi connectivity index (χ1v) is 6.44. The lowest BCUT2D eigenvalue weighted by atomic mass is 10.0. The predicted molar refractivity (Wildman–Crippen MR) is 72.7 cm³/mol. The van der Waals surface area contributed by atoms with Crippen molar-refractivity contribution in [3.05, 3.63) is 45.4 Å². The van der Waals surface area contributed by atoms with Gasteiger partial charge in [0.05, 0.1) is 11.3 Å². The summed E-state index contributed by atoms with van der Waals surface area (Å²) in [6.45, 7) is 1.59. The van der Waals surface area contributed by atoms with Gasteiger partial charge in [0.1, 0.15) is 6.61 Å². The van der Waals surface area contributed by atoms with E-state index in [-0.39, 0.29) is 22.9 Å². The van der Waals surface area contributed by atoms with E-state index in [1.54, 1.807) is 11.1 Å². The Labute approximate surface area is 122 Å². The molecule has 0 saturated carbocycles. The Morgan fingerprint density at radius 3 is 2.74 bits per heavy atom. The Morgan fingerprint density at radius 1 is 1.47 bits per heavy atom. The van der Waals surface area contributed by atoms with Crippen molar-refractivity contribution in [1.29, 1.82) is 0 Å². The van der Waals surface area contributed by atoms with E-state index in [4.69, 9.17) is 16.4 Å². The van der Waals surface area contributed by atoms with Crippen LogP contribution < -0.4 is 0 Å². The maximum absolute atomic E-state index is 12.8. The van der Waals surface area contributed by atoms with E-state index in [9.17, 15) is 13.2 Å². The van der Waals surface area contributed by atoms with Crippen molar-refractivity contribution < 1.29 is 18.0 Å². The van der Waals surface area contributed by atoms with E-state index < -0.39 is 11.7 Å². The molecule has 0 heterocycles. The molecule has 0 saturated heterocycles. The Morgan fingerprint density at radius 2 is 2.16 bits per heavy atom. The molecule has 1 rings (SSSR count). The van der Waals surface area contributed by atoms with E-state index in [0.29, 0.717) is 0 Å². The highest BCUT2D eigenvalue weighted by atomic mass is 79.9. The SMILES string of the molecule is CC(=NOCC=CBr)c1cc(Cl)ccc1C(F)(F)F. The quantitative estimate of drug-likeness (QED) is 0.422. The van der Waals surface area contributed by atoms with Crippen LogP contribution >= 0.6 is 27.5 Å². The van der Waals surface area contributed by atoms with Crippen LogP contribution in [0.15, 0.2) is 34.4 Å². The van der Waals surface area contributed by atoms with Gasteiger partial charge in [-0.15, -0.1) is 0 Å². The van der Waals surface area contributed by atoms with Gasteiger partial charge in [0.2, 0.25) is 0 Å². The minimum atomic E-state index is -4.47. The highest BCUT2D eigenvalue weighted by Crippen LogP contribution is 2.33. The molecule has 0 aliphatic heterocycles. The predicted octanol–water partition coefficient (Wildman–Crippen LogP) is 5.01. The fraction of sp³-hybridized carbons (Fsp3) is 0.250. The Kier molecular flexibility index (Phi) is 5.87. The minimum absolute atomic E-state index is 0.0946. The Balaban J connectivity index is 3.07. The van der Waals surface area contributed by atoms with Crippen molar-refractivity contribution >= 4 is 33.2 Å². The van der Waals surface area contributed by atoms with Crippen LogP contribution in [0.5, 0.6) is 0 Å². The lowest BCUT2D eigenvalue weighted by Gasteiger charge is -2.12. The molecule has 104 valence electrons. The molecule has 0 spiro atoms. The summed E-state index contributed by atoms with van der Waals surface area (Å²) in [5.41, 5.74) is -0.779. The van der Waals surface area contributed by atoms with Crippen molar-refractivity contribution in [2.75, 3.05) is 6.61 Å². The van der Waals surface area contributed by atoms with Crippen LogP contribution in [0.4, 0.5) is 13.2 Å². The zero-order valence-electron chi connectivity index (χ0n) is 9.84. The lowest BCUT2D eigenvalue weighted by molar-refractivity contribution is -0.137. The second-order valence-corrected chi connectivity index (χ2v) is 4.49. The summed E-state index contributed by atoms with van der Waals surface area (Å²) < 4.78 is 38.5. The molecule has 1 aromatic carbocycles. The second kappa shape index (κ2) is 6.96. The number of halogens is 5. The van der Waals surface area contributed by atoms with Gasteiger partial charge < -0.3 is 4.84 Å². The molecular weight excluding hydrogens is 346 g/mol. The van der Waals surface area contributed by atoms with Crippen molar-refractivity contribution in [1.82, 2.24) is 0 Å².